The highest BCUT2D eigenvalue weighted by Crippen LogP contribution is 2.31. The Balaban J connectivity index is 1.99. The molecular formula is C15H11ClN2O3. The lowest BCUT2D eigenvalue weighted by molar-refractivity contribution is 0.0642. The van der Waals surface area contributed by atoms with Crippen LogP contribution in [0.4, 0.5) is 5.69 Å². The Morgan fingerprint density at radius 2 is 1.90 bits per heavy atom. The van der Waals surface area contributed by atoms with Gasteiger partial charge in [-0.25, -0.2) is 0 Å². The van der Waals surface area contributed by atoms with Crippen molar-refractivity contribution in [2.75, 3.05) is 5.73 Å². The van der Waals surface area contributed by atoms with Gasteiger partial charge in [0.2, 0.25) is 0 Å². The molecule has 0 fully saturated rings. The van der Waals surface area contributed by atoms with E-state index in [-0.39, 0.29) is 29.1 Å². The van der Waals surface area contributed by atoms with Crippen LogP contribution in [0.15, 0.2) is 36.4 Å². The molecule has 6 heteroatoms. The van der Waals surface area contributed by atoms with Crippen molar-refractivity contribution in [2.24, 2.45) is 0 Å². The van der Waals surface area contributed by atoms with Gasteiger partial charge in [0.1, 0.15) is 5.75 Å². The van der Waals surface area contributed by atoms with E-state index in [0.717, 1.165) is 4.90 Å². The minimum Gasteiger partial charge on any atom is -0.508 e. The third-order valence-corrected chi connectivity index (χ3v) is 3.64. The van der Waals surface area contributed by atoms with Crippen molar-refractivity contribution >= 4 is 29.1 Å². The van der Waals surface area contributed by atoms with Crippen LogP contribution in [-0.4, -0.2) is 21.8 Å². The molecule has 0 unspecified atom stereocenters. The fraction of sp³-hybridized carbons (Fsp3) is 0.0667. The number of anilines is 1. The van der Waals surface area contributed by atoms with Crippen LogP contribution >= 0.6 is 11.6 Å². The zero-order chi connectivity index (χ0) is 15.1. The van der Waals surface area contributed by atoms with E-state index in [1.54, 1.807) is 18.2 Å². The van der Waals surface area contributed by atoms with E-state index in [4.69, 9.17) is 17.3 Å². The molecule has 0 saturated carbocycles. The van der Waals surface area contributed by atoms with Crippen molar-refractivity contribution in [1.82, 2.24) is 4.90 Å². The molecule has 0 aliphatic carbocycles. The van der Waals surface area contributed by atoms with E-state index in [1.165, 1.54) is 18.2 Å². The predicted octanol–water partition coefficient (Wildman–Crippen LogP) is 2.42. The molecule has 3 N–H and O–H groups in total. The van der Waals surface area contributed by atoms with Gasteiger partial charge in [-0.2, -0.15) is 0 Å². The molecule has 0 aromatic heterocycles. The maximum atomic E-state index is 12.3. The zero-order valence-electron chi connectivity index (χ0n) is 10.8. The normalized spacial score (nSPS) is 13.7. The third-order valence-electron chi connectivity index (χ3n) is 3.40. The summed E-state index contributed by atoms with van der Waals surface area (Å²) in [5.41, 5.74) is 6.92. The maximum absolute atomic E-state index is 12.3. The summed E-state index contributed by atoms with van der Waals surface area (Å²) in [6, 6.07) is 9.22. The lowest BCUT2D eigenvalue weighted by Gasteiger charge is -2.15. The van der Waals surface area contributed by atoms with Gasteiger partial charge in [0.05, 0.1) is 17.7 Å². The first-order chi connectivity index (χ1) is 9.99. The minimum atomic E-state index is -0.465. The first-order valence-corrected chi connectivity index (χ1v) is 6.59. The molecule has 0 radical (unpaired) electrons. The lowest BCUT2D eigenvalue weighted by Crippen LogP contribution is -2.29. The summed E-state index contributed by atoms with van der Waals surface area (Å²) >= 11 is 5.87. The number of rotatable bonds is 2. The van der Waals surface area contributed by atoms with E-state index in [1.807, 2.05) is 0 Å². The summed E-state index contributed by atoms with van der Waals surface area (Å²) in [4.78, 5) is 25.7. The fourth-order valence-electron chi connectivity index (χ4n) is 2.35. The van der Waals surface area contributed by atoms with Crippen molar-refractivity contribution in [1.29, 1.82) is 0 Å². The molecule has 5 nitrogen and oxygen atoms in total. The van der Waals surface area contributed by atoms with Crippen LogP contribution in [0.25, 0.3) is 0 Å². The number of benzene rings is 2. The maximum Gasteiger partial charge on any atom is 0.263 e. The first-order valence-electron chi connectivity index (χ1n) is 6.21. The standard InChI is InChI=1S/C15H11ClN2O3/c16-9-4-5-12(19)8(6-9)7-18-14(20)10-2-1-3-11(17)13(10)15(18)21/h1-6,19H,7,17H2. The van der Waals surface area contributed by atoms with Crippen LogP contribution in [-0.2, 0) is 6.54 Å². The number of phenolic OH excluding ortho intramolecular Hbond substituents is 1. The van der Waals surface area contributed by atoms with E-state index >= 15 is 0 Å². The van der Waals surface area contributed by atoms with Crippen molar-refractivity contribution in [3.8, 4) is 5.75 Å². The van der Waals surface area contributed by atoms with Crippen molar-refractivity contribution in [3.05, 3.63) is 58.1 Å². The molecule has 2 amide bonds. The van der Waals surface area contributed by atoms with E-state index < -0.39 is 11.8 Å². The van der Waals surface area contributed by atoms with Gasteiger partial charge < -0.3 is 10.8 Å². The number of nitrogens with two attached hydrogens (primary N) is 1. The van der Waals surface area contributed by atoms with Gasteiger partial charge in [0.25, 0.3) is 11.8 Å². The van der Waals surface area contributed by atoms with Crippen LogP contribution in [0.3, 0.4) is 0 Å². The fourth-order valence-corrected chi connectivity index (χ4v) is 2.55. The second-order valence-electron chi connectivity index (χ2n) is 4.74. The molecule has 21 heavy (non-hydrogen) atoms. The SMILES string of the molecule is Nc1cccc2c1C(=O)N(Cc1cc(Cl)ccc1O)C2=O. The lowest BCUT2D eigenvalue weighted by atomic mass is 10.1. The van der Waals surface area contributed by atoms with Gasteiger partial charge in [0.15, 0.2) is 0 Å². The van der Waals surface area contributed by atoms with Crippen LogP contribution in [0.2, 0.25) is 5.02 Å². The number of hydrogen-bond donors (Lipinski definition) is 2. The van der Waals surface area contributed by atoms with E-state index in [9.17, 15) is 14.7 Å². The number of carbonyl (C=O) groups is 2. The summed E-state index contributed by atoms with van der Waals surface area (Å²) in [6.07, 6.45) is 0. The third kappa shape index (κ3) is 2.11. The quantitative estimate of drug-likeness (QED) is 0.659. The van der Waals surface area contributed by atoms with Gasteiger partial charge in [-0.3, -0.25) is 14.5 Å². The Labute approximate surface area is 125 Å². The molecular weight excluding hydrogens is 292 g/mol. The molecule has 1 heterocycles. The Bertz CT molecular complexity index is 774. The van der Waals surface area contributed by atoms with Gasteiger partial charge in [-0.05, 0) is 30.3 Å². The number of hydrogen-bond acceptors (Lipinski definition) is 4. The second kappa shape index (κ2) is 4.79. The smallest absolute Gasteiger partial charge is 0.263 e. The van der Waals surface area contributed by atoms with Gasteiger partial charge in [0, 0.05) is 16.3 Å². The minimum absolute atomic E-state index is 0.0241. The average Bonchev–Trinajstić information content (AvgIpc) is 2.69. The monoisotopic (exact) mass is 302 g/mol. The highest BCUT2D eigenvalue weighted by Gasteiger charge is 2.37. The number of nitrogens with zero attached hydrogens (tertiary/aromatic N) is 1. The Morgan fingerprint density at radius 3 is 2.62 bits per heavy atom. The molecule has 0 saturated heterocycles. The average molecular weight is 303 g/mol. The molecule has 0 atom stereocenters. The van der Waals surface area contributed by atoms with Crippen molar-refractivity contribution in [3.63, 3.8) is 0 Å². The Kier molecular flexibility index (Phi) is 3.07. The molecule has 0 bridgehead atoms. The van der Waals surface area contributed by atoms with Crippen LogP contribution in [0.1, 0.15) is 26.3 Å². The Hall–Kier alpha value is -2.53. The molecule has 2 aromatic rings. The highest BCUT2D eigenvalue weighted by atomic mass is 35.5. The van der Waals surface area contributed by atoms with E-state index in [2.05, 4.69) is 0 Å². The van der Waals surface area contributed by atoms with Crippen LogP contribution in [0, 0.1) is 0 Å². The largest absolute Gasteiger partial charge is 0.508 e. The number of fused-ring (bicyclic) bond motifs is 1. The summed E-state index contributed by atoms with van der Waals surface area (Å²) in [6.45, 7) is -0.0574. The first kappa shape index (κ1) is 13.5. The number of aromatic hydroxyl groups is 1. The van der Waals surface area contributed by atoms with Crippen LogP contribution < -0.4 is 5.73 Å². The van der Waals surface area contributed by atoms with Crippen molar-refractivity contribution in [2.45, 2.75) is 6.54 Å². The van der Waals surface area contributed by atoms with Crippen LogP contribution in [0.5, 0.6) is 5.75 Å². The summed E-state index contributed by atoms with van der Waals surface area (Å²) in [7, 11) is 0. The predicted molar refractivity (Wildman–Crippen MR) is 78.2 cm³/mol. The summed E-state index contributed by atoms with van der Waals surface area (Å²) < 4.78 is 0. The Morgan fingerprint density at radius 1 is 1.14 bits per heavy atom. The number of imide groups is 1. The molecule has 106 valence electrons. The zero-order valence-corrected chi connectivity index (χ0v) is 11.6. The number of halogens is 1. The van der Waals surface area contributed by atoms with Crippen molar-refractivity contribution < 1.29 is 14.7 Å². The van der Waals surface area contributed by atoms with Gasteiger partial charge in [-0.1, -0.05) is 17.7 Å². The number of carbonyl (C=O) groups excluding carboxylic acids is 2. The van der Waals surface area contributed by atoms with Gasteiger partial charge in [-0.15, -0.1) is 0 Å². The van der Waals surface area contributed by atoms with Gasteiger partial charge >= 0.3 is 0 Å². The van der Waals surface area contributed by atoms with E-state index in [0.29, 0.717) is 10.6 Å². The summed E-state index contributed by atoms with van der Waals surface area (Å²) in [5, 5.41) is 10.2. The second-order valence-corrected chi connectivity index (χ2v) is 5.18. The molecule has 3 rings (SSSR count). The summed E-state index contributed by atoms with van der Waals surface area (Å²) in [5.74, 6) is -0.918. The molecule has 1 aliphatic heterocycles. The number of phenols is 1. The highest BCUT2D eigenvalue weighted by molar-refractivity contribution is 6.30. The number of amides is 2. The molecule has 0 spiro atoms. The topological polar surface area (TPSA) is 83.6 Å². The molecule has 2 aromatic carbocycles. The molecule has 1 aliphatic rings. The number of nitrogen functional groups attached to an aromatic ring is 1.